The Hall–Kier alpha value is -3.36. The van der Waals surface area contributed by atoms with E-state index in [1.54, 1.807) is 33.1 Å². The van der Waals surface area contributed by atoms with Gasteiger partial charge in [-0.05, 0) is 68.0 Å². The number of ether oxygens (including phenoxy) is 2. The lowest BCUT2D eigenvalue weighted by atomic mass is 9.91. The highest BCUT2D eigenvalue weighted by molar-refractivity contribution is 5.96. The van der Waals surface area contributed by atoms with Gasteiger partial charge in [0.05, 0.1) is 13.2 Å². The normalized spacial score (nSPS) is 19.0. The molecule has 8 nitrogen and oxygen atoms in total. The summed E-state index contributed by atoms with van der Waals surface area (Å²) in [6.07, 6.45) is 3.93. The second kappa shape index (κ2) is 12.0. The van der Waals surface area contributed by atoms with Gasteiger partial charge in [0.15, 0.2) is 0 Å². The summed E-state index contributed by atoms with van der Waals surface area (Å²) in [5.74, 6) is -0.754. The number of methoxy groups -OCH3 is 1. The summed E-state index contributed by atoms with van der Waals surface area (Å²) in [7, 11) is 1.72. The Bertz CT molecular complexity index is 1270. The molecule has 1 amide bonds. The molecule has 1 aromatic heterocycles. The van der Waals surface area contributed by atoms with Gasteiger partial charge in [-0.2, -0.15) is 0 Å². The number of aliphatic carboxylic acids is 1. The Morgan fingerprint density at radius 1 is 1.21 bits per heavy atom. The maximum absolute atomic E-state index is 12.8. The predicted molar refractivity (Wildman–Crippen MR) is 148 cm³/mol. The van der Waals surface area contributed by atoms with Crippen molar-refractivity contribution in [2.45, 2.75) is 65.3 Å². The number of amides is 1. The first-order chi connectivity index (χ1) is 18.2. The largest absolute Gasteiger partial charge is 0.496 e. The monoisotopic (exact) mass is 521 g/mol. The Labute approximate surface area is 224 Å². The van der Waals surface area contributed by atoms with Gasteiger partial charge in [-0.3, -0.25) is 9.69 Å². The molecular formula is C30H39N3O5. The molecule has 38 heavy (non-hydrogen) atoms. The van der Waals surface area contributed by atoms with Crippen LogP contribution < -0.4 is 10.1 Å². The van der Waals surface area contributed by atoms with Gasteiger partial charge >= 0.3 is 5.97 Å². The van der Waals surface area contributed by atoms with Gasteiger partial charge in [-0.1, -0.05) is 26.0 Å². The number of H-pyrrole nitrogens is 1. The van der Waals surface area contributed by atoms with Crippen LogP contribution in [0.3, 0.4) is 0 Å². The highest BCUT2D eigenvalue weighted by Gasteiger charge is 2.31. The van der Waals surface area contributed by atoms with Gasteiger partial charge in [0.1, 0.15) is 11.8 Å². The predicted octanol–water partition coefficient (Wildman–Crippen LogP) is 5.07. The minimum Gasteiger partial charge on any atom is -0.496 e. The van der Waals surface area contributed by atoms with Crippen LogP contribution in [0.5, 0.6) is 5.75 Å². The molecule has 3 aromatic rings. The molecule has 2 aromatic carbocycles. The Balaban J connectivity index is 1.60. The molecule has 4 rings (SSSR count). The summed E-state index contributed by atoms with van der Waals surface area (Å²) in [4.78, 5) is 30.1. The molecule has 0 radical (unpaired) electrons. The van der Waals surface area contributed by atoms with E-state index in [0.29, 0.717) is 12.2 Å². The minimum absolute atomic E-state index is 0.0971. The lowest BCUT2D eigenvalue weighted by molar-refractivity contribution is -0.140. The van der Waals surface area contributed by atoms with Crippen LogP contribution in [0, 0.1) is 12.8 Å². The summed E-state index contributed by atoms with van der Waals surface area (Å²) >= 11 is 0. The molecular weight excluding hydrogens is 482 g/mol. The Kier molecular flexibility index (Phi) is 8.74. The van der Waals surface area contributed by atoms with Crippen molar-refractivity contribution in [2.75, 3.05) is 20.3 Å². The first-order valence-corrected chi connectivity index (χ1v) is 13.4. The minimum atomic E-state index is -1.03. The number of fused-ring (bicyclic) bond motifs is 1. The molecule has 2 heterocycles. The van der Waals surface area contributed by atoms with Crippen molar-refractivity contribution in [3.8, 4) is 5.75 Å². The van der Waals surface area contributed by atoms with E-state index < -0.39 is 12.0 Å². The van der Waals surface area contributed by atoms with E-state index in [2.05, 4.69) is 34.3 Å². The maximum atomic E-state index is 12.8. The molecule has 3 atom stereocenters. The van der Waals surface area contributed by atoms with Crippen molar-refractivity contribution in [1.82, 2.24) is 15.2 Å². The van der Waals surface area contributed by atoms with E-state index in [9.17, 15) is 14.7 Å². The summed E-state index contributed by atoms with van der Waals surface area (Å²) in [5.41, 5.74) is 4.96. The molecule has 1 aliphatic heterocycles. The van der Waals surface area contributed by atoms with Crippen LogP contribution in [0.1, 0.15) is 66.7 Å². The summed E-state index contributed by atoms with van der Waals surface area (Å²) < 4.78 is 11.8. The number of carboxylic acids is 1. The molecule has 0 bridgehead atoms. The van der Waals surface area contributed by atoms with Crippen molar-refractivity contribution in [3.63, 3.8) is 0 Å². The van der Waals surface area contributed by atoms with E-state index >= 15 is 0 Å². The number of piperidine rings is 1. The number of hydrogen-bond acceptors (Lipinski definition) is 5. The SMILES string of the molecule is CCO[C@H]1CCN(Cc2c(OC)cc(C)c3[nH]ccc23)[C@H](c2ccc(C(=O)N[C@H](C(=O)O)C(C)C)cc2)C1. The average Bonchev–Trinajstić information content (AvgIpc) is 3.40. The van der Waals surface area contributed by atoms with Crippen LogP contribution in [0.4, 0.5) is 0 Å². The first kappa shape index (κ1) is 27.7. The fraction of sp³-hybridized carbons (Fsp3) is 0.467. The number of likely N-dealkylation sites (tertiary alicyclic amines) is 1. The molecule has 8 heteroatoms. The van der Waals surface area contributed by atoms with E-state index in [-0.39, 0.29) is 24.0 Å². The summed E-state index contributed by atoms with van der Waals surface area (Å²) in [6, 6.07) is 10.9. The molecule has 0 spiro atoms. The van der Waals surface area contributed by atoms with Crippen LogP contribution >= 0.6 is 0 Å². The standard InChI is InChI=1S/C30H39N3O5/c1-6-38-22-12-14-33(17-24-23-11-13-31-28(23)19(4)15-26(24)37-5)25(16-22)20-7-9-21(10-8-20)29(34)32-27(18(2)3)30(35)36/h7-11,13,15,18,22,25,27,31H,6,12,14,16-17H2,1-5H3,(H,32,34)(H,35,36)/t22-,25-,27-/m0/s1. The number of carbonyl (C=O) groups is 2. The zero-order chi connectivity index (χ0) is 27.4. The fourth-order valence-corrected chi connectivity index (χ4v) is 5.48. The lowest BCUT2D eigenvalue weighted by Gasteiger charge is -2.40. The van der Waals surface area contributed by atoms with Gasteiger partial charge < -0.3 is 24.9 Å². The van der Waals surface area contributed by atoms with Crippen LogP contribution in [0.25, 0.3) is 10.9 Å². The highest BCUT2D eigenvalue weighted by atomic mass is 16.5. The van der Waals surface area contributed by atoms with Crippen LogP contribution in [0.15, 0.2) is 42.6 Å². The number of nitrogens with one attached hydrogen (secondary N) is 2. The Morgan fingerprint density at radius 2 is 1.95 bits per heavy atom. The summed E-state index contributed by atoms with van der Waals surface area (Å²) in [5, 5.41) is 13.2. The van der Waals surface area contributed by atoms with Crippen molar-refractivity contribution in [2.24, 2.45) is 5.92 Å². The average molecular weight is 522 g/mol. The summed E-state index contributed by atoms with van der Waals surface area (Å²) in [6.45, 7) is 9.92. The number of rotatable bonds is 10. The molecule has 0 saturated carbocycles. The number of carbonyl (C=O) groups excluding carboxylic acids is 1. The van der Waals surface area contributed by atoms with Gasteiger partial charge in [-0.15, -0.1) is 0 Å². The number of aryl methyl sites for hydroxylation is 1. The molecule has 204 valence electrons. The number of nitrogens with zero attached hydrogens (tertiary/aromatic N) is 1. The Morgan fingerprint density at radius 3 is 2.58 bits per heavy atom. The van der Waals surface area contributed by atoms with Crippen molar-refractivity contribution >= 4 is 22.8 Å². The third kappa shape index (κ3) is 5.87. The molecule has 1 saturated heterocycles. The zero-order valence-electron chi connectivity index (χ0n) is 22.9. The van der Waals surface area contributed by atoms with Crippen molar-refractivity contribution in [3.05, 3.63) is 64.8 Å². The smallest absolute Gasteiger partial charge is 0.326 e. The van der Waals surface area contributed by atoms with E-state index in [0.717, 1.165) is 59.3 Å². The van der Waals surface area contributed by atoms with Crippen LogP contribution in [0.2, 0.25) is 0 Å². The van der Waals surface area contributed by atoms with E-state index in [1.807, 2.05) is 25.3 Å². The van der Waals surface area contributed by atoms with Crippen molar-refractivity contribution in [1.29, 1.82) is 0 Å². The number of carboxylic acid groups (broad SMARTS) is 1. The zero-order valence-corrected chi connectivity index (χ0v) is 22.9. The number of benzene rings is 2. The molecule has 0 unspecified atom stereocenters. The second-order valence-corrected chi connectivity index (χ2v) is 10.4. The molecule has 1 fully saturated rings. The highest BCUT2D eigenvalue weighted by Crippen LogP contribution is 2.38. The van der Waals surface area contributed by atoms with E-state index in [4.69, 9.17) is 9.47 Å². The van der Waals surface area contributed by atoms with Crippen molar-refractivity contribution < 1.29 is 24.2 Å². The second-order valence-electron chi connectivity index (χ2n) is 10.4. The van der Waals surface area contributed by atoms with Crippen LogP contribution in [-0.4, -0.2) is 59.3 Å². The van der Waals surface area contributed by atoms with Crippen LogP contribution in [-0.2, 0) is 16.1 Å². The molecule has 1 aliphatic rings. The van der Waals surface area contributed by atoms with Gasteiger partial charge in [-0.25, -0.2) is 4.79 Å². The fourth-order valence-electron chi connectivity index (χ4n) is 5.48. The van der Waals surface area contributed by atoms with Gasteiger partial charge in [0.2, 0.25) is 0 Å². The number of aromatic amines is 1. The van der Waals surface area contributed by atoms with Gasteiger partial charge in [0.25, 0.3) is 5.91 Å². The topological polar surface area (TPSA) is 104 Å². The third-order valence-electron chi connectivity index (χ3n) is 7.54. The lowest BCUT2D eigenvalue weighted by Crippen LogP contribution is -2.44. The van der Waals surface area contributed by atoms with Gasteiger partial charge in [0, 0.05) is 54.0 Å². The molecule has 3 N–H and O–H groups in total. The maximum Gasteiger partial charge on any atom is 0.326 e. The quantitative estimate of drug-likeness (QED) is 0.344. The third-order valence-corrected chi connectivity index (χ3v) is 7.54. The number of hydrogen-bond donors (Lipinski definition) is 3. The van der Waals surface area contributed by atoms with E-state index in [1.165, 1.54) is 0 Å². The number of aromatic nitrogens is 1. The first-order valence-electron chi connectivity index (χ1n) is 13.4. The molecule has 0 aliphatic carbocycles.